The zero-order valence-electron chi connectivity index (χ0n) is 12.1. The lowest BCUT2D eigenvalue weighted by atomic mass is 10.0. The van der Waals surface area contributed by atoms with Gasteiger partial charge in [-0.1, -0.05) is 62.7 Å². The zero-order chi connectivity index (χ0) is 14.4. The van der Waals surface area contributed by atoms with E-state index in [2.05, 4.69) is 24.4 Å². The van der Waals surface area contributed by atoms with Crippen LogP contribution in [0.25, 0.3) is 11.1 Å². The Kier molecular flexibility index (Phi) is 4.94. The van der Waals surface area contributed by atoms with Crippen LogP contribution in [-0.4, -0.2) is 5.91 Å². The van der Waals surface area contributed by atoms with Gasteiger partial charge in [0.1, 0.15) is 0 Å². The van der Waals surface area contributed by atoms with E-state index in [4.69, 9.17) is 0 Å². The van der Waals surface area contributed by atoms with Crippen molar-refractivity contribution >= 4 is 11.6 Å². The molecule has 0 radical (unpaired) electrons. The number of carbonyl (C=O) groups is 1. The van der Waals surface area contributed by atoms with Gasteiger partial charge in [0.15, 0.2) is 0 Å². The third-order valence-electron chi connectivity index (χ3n) is 3.43. The van der Waals surface area contributed by atoms with Gasteiger partial charge >= 0.3 is 0 Å². The van der Waals surface area contributed by atoms with Crippen molar-refractivity contribution in [1.82, 2.24) is 0 Å². The minimum absolute atomic E-state index is 0.0637. The molecule has 1 amide bonds. The van der Waals surface area contributed by atoms with E-state index in [0.717, 1.165) is 24.1 Å². The molecule has 104 valence electrons. The molecule has 2 aromatic carbocycles. The molecular weight excluding hydrogens is 246 g/mol. The number of nitrogens with one attached hydrogen (secondary N) is 1. The fourth-order valence-corrected chi connectivity index (χ4v) is 2.21. The maximum atomic E-state index is 11.9. The van der Waals surface area contributed by atoms with Crippen molar-refractivity contribution in [3.8, 4) is 11.1 Å². The fourth-order valence-electron chi connectivity index (χ4n) is 2.21. The first-order valence-corrected chi connectivity index (χ1v) is 7.17. The van der Waals surface area contributed by atoms with Crippen molar-refractivity contribution in [1.29, 1.82) is 0 Å². The van der Waals surface area contributed by atoms with Crippen LogP contribution in [0.15, 0.2) is 54.6 Å². The highest BCUT2D eigenvalue weighted by molar-refractivity contribution is 5.92. The molecule has 1 unspecified atom stereocenters. The number of anilines is 1. The summed E-state index contributed by atoms with van der Waals surface area (Å²) in [6.07, 6.45) is 1.95. The van der Waals surface area contributed by atoms with Crippen LogP contribution in [0.2, 0.25) is 0 Å². The molecular formula is C18H21NO. The molecule has 0 fully saturated rings. The smallest absolute Gasteiger partial charge is 0.227 e. The van der Waals surface area contributed by atoms with Crippen LogP contribution in [0.1, 0.15) is 26.7 Å². The minimum atomic E-state index is 0.0637. The molecule has 0 heterocycles. The number of rotatable bonds is 5. The Hall–Kier alpha value is -2.09. The van der Waals surface area contributed by atoms with Crippen LogP contribution >= 0.6 is 0 Å². The molecule has 0 spiro atoms. The fraction of sp³-hybridized carbons (Fsp3) is 0.278. The normalized spacial score (nSPS) is 11.9. The quantitative estimate of drug-likeness (QED) is 0.833. The number of hydrogen-bond acceptors (Lipinski definition) is 1. The Bertz CT molecular complexity index is 545. The van der Waals surface area contributed by atoms with E-state index in [1.54, 1.807) is 0 Å². The zero-order valence-corrected chi connectivity index (χ0v) is 12.1. The SMILES string of the molecule is CCCC(C)C(=O)Nc1ccc(-c2ccccc2)cc1. The van der Waals surface area contributed by atoms with Gasteiger partial charge < -0.3 is 5.32 Å². The first kappa shape index (κ1) is 14.3. The van der Waals surface area contributed by atoms with Gasteiger partial charge in [-0.05, 0) is 29.7 Å². The number of amides is 1. The van der Waals surface area contributed by atoms with Gasteiger partial charge in [-0.2, -0.15) is 0 Å². The van der Waals surface area contributed by atoms with Crippen LogP contribution in [-0.2, 0) is 4.79 Å². The molecule has 0 saturated carbocycles. The molecule has 0 aliphatic rings. The molecule has 1 atom stereocenters. The molecule has 0 aliphatic heterocycles. The number of carbonyl (C=O) groups excluding carboxylic acids is 1. The molecule has 0 aliphatic carbocycles. The monoisotopic (exact) mass is 267 g/mol. The number of benzene rings is 2. The summed E-state index contributed by atoms with van der Waals surface area (Å²) in [5.74, 6) is 0.160. The van der Waals surface area contributed by atoms with Gasteiger partial charge in [-0.15, -0.1) is 0 Å². The van der Waals surface area contributed by atoms with Crippen LogP contribution in [0.3, 0.4) is 0 Å². The molecule has 2 aromatic rings. The van der Waals surface area contributed by atoms with Gasteiger partial charge in [-0.3, -0.25) is 4.79 Å². The van der Waals surface area contributed by atoms with Gasteiger partial charge in [0.05, 0.1) is 0 Å². The van der Waals surface area contributed by atoms with Crippen molar-refractivity contribution in [2.45, 2.75) is 26.7 Å². The lowest BCUT2D eigenvalue weighted by Gasteiger charge is -2.11. The largest absolute Gasteiger partial charge is 0.326 e. The topological polar surface area (TPSA) is 29.1 Å². The lowest BCUT2D eigenvalue weighted by Crippen LogP contribution is -2.20. The second-order valence-electron chi connectivity index (χ2n) is 5.12. The van der Waals surface area contributed by atoms with Crippen molar-refractivity contribution in [3.63, 3.8) is 0 Å². The number of hydrogen-bond donors (Lipinski definition) is 1. The Morgan fingerprint density at radius 2 is 1.60 bits per heavy atom. The summed E-state index contributed by atoms with van der Waals surface area (Å²) in [6, 6.07) is 18.2. The molecule has 0 aromatic heterocycles. The second kappa shape index (κ2) is 6.90. The summed E-state index contributed by atoms with van der Waals surface area (Å²) in [5.41, 5.74) is 3.20. The van der Waals surface area contributed by atoms with E-state index in [-0.39, 0.29) is 11.8 Å². The van der Waals surface area contributed by atoms with Crippen molar-refractivity contribution < 1.29 is 4.79 Å². The Morgan fingerprint density at radius 1 is 1.00 bits per heavy atom. The summed E-state index contributed by atoms with van der Waals surface area (Å²) in [4.78, 5) is 11.9. The van der Waals surface area contributed by atoms with Gasteiger partial charge in [0, 0.05) is 11.6 Å². The van der Waals surface area contributed by atoms with E-state index in [1.165, 1.54) is 5.56 Å². The van der Waals surface area contributed by atoms with Crippen LogP contribution in [0.5, 0.6) is 0 Å². The minimum Gasteiger partial charge on any atom is -0.326 e. The molecule has 0 bridgehead atoms. The summed E-state index contributed by atoms with van der Waals surface area (Å²) < 4.78 is 0. The van der Waals surface area contributed by atoms with Crippen molar-refractivity contribution in [2.75, 3.05) is 5.32 Å². The summed E-state index contributed by atoms with van der Waals surface area (Å²) in [6.45, 7) is 4.07. The third kappa shape index (κ3) is 3.70. The predicted molar refractivity (Wildman–Crippen MR) is 84.6 cm³/mol. The van der Waals surface area contributed by atoms with Gasteiger partial charge in [0.2, 0.25) is 5.91 Å². The van der Waals surface area contributed by atoms with E-state index >= 15 is 0 Å². The predicted octanol–water partition coefficient (Wildman–Crippen LogP) is 4.73. The maximum Gasteiger partial charge on any atom is 0.227 e. The van der Waals surface area contributed by atoms with Gasteiger partial charge in [-0.25, -0.2) is 0 Å². The summed E-state index contributed by atoms with van der Waals surface area (Å²) >= 11 is 0. The molecule has 20 heavy (non-hydrogen) atoms. The highest BCUT2D eigenvalue weighted by Crippen LogP contribution is 2.21. The van der Waals surface area contributed by atoms with E-state index in [0.29, 0.717) is 0 Å². The summed E-state index contributed by atoms with van der Waals surface area (Å²) in [7, 11) is 0. The molecule has 2 heteroatoms. The van der Waals surface area contributed by atoms with E-state index < -0.39 is 0 Å². The van der Waals surface area contributed by atoms with E-state index in [9.17, 15) is 4.79 Å². The standard InChI is InChI=1S/C18H21NO/c1-3-7-14(2)18(20)19-17-12-10-16(11-13-17)15-8-5-4-6-9-15/h4-6,8-14H,3,7H2,1-2H3,(H,19,20). The average Bonchev–Trinajstić information content (AvgIpc) is 2.49. The second-order valence-corrected chi connectivity index (χ2v) is 5.12. The maximum absolute atomic E-state index is 11.9. The van der Waals surface area contributed by atoms with Crippen LogP contribution in [0, 0.1) is 5.92 Å². The first-order valence-electron chi connectivity index (χ1n) is 7.17. The lowest BCUT2D eigenvalue weighted by molar-refractivity contribution is -0.119. The molecule has 1 N–H and O–H groups in total. The molecule has 0 saturated heterocycles. The summed E-state index contributed by atoms with van der Waals surface area (Å²) in [5, 5.41) is 2.97. The van der Waals surface area contributed by atoms with Gasteiger partial charge in [0.25, 0.3) is 0 Å². The molecule has 2 rings (SSSR count). The third-order valence-corrected chi connectivity index (χ3v) is 3.43. The Balaban J connectivity index is 2.04. The highest BCUT2D eigenvalue weighted by atomic mass is 16.1. The van der Waals surface area contributed by atoms with Crippen LogP contribution < -0.4 is 5.32 Å². The Morgan fingerprint density at radius 3 is 2.20 bits per heavy atom. The Labute approximate surface area is 120 Å². The highest BCUT2D eigenvalue weighted by Gasteiger charge is 2.11. The molecule has 2 nitrogen and oxygen atoms in total. The van der Waals surface area contributed by atoms with Crippen molar-refractivity contribution in [3.05, 3.63) is 54.6 Å². The first-order chi connectivity index (χ1) is 9.70. The van der Waals surface area contributed by atoms with E-state index in [1.807, 2.05) is 49.4 Å². The average molecular weight is 267 g/mol. The van der Waals surface area contributed by atoms with Crippen molar-refractivity contribution in [2.24, 2.45) is 5.92 Å². The van der Waals surface area contributed by atoms with Crippen LogP contribution in [0.4, 0.5) is 5.69 Å².